The van der Waals surface area contributed by atoms with E-state index < -0.39 is 0 Å². The summed E-state index contributed by atoms with van der Waals surface area (Å²) in [4.78, 5) is 13.5. The molecule has 1 aromatic carbocycles. The van der Waals surface area contributed by atoms with Crippen LogP contribution in [0.1, 0.15) is 22.2 Å². The van der Waals surface area contributed by atoms with Crippen molar-refractivity contribution in [2.24, 2.45) is 0 Å². The van der Waals surface area contributed by atoms with Gasteiger partial charge in [-0.3, -0.25) is 4.79 Å². The minimum absolute atomic E-state index is 0.0658. The third-order valence-corrected chi connectivity index (χ3v) is 4.44. The van der Waals surface area contributed by atoms with E-state index in [9.17, 15) is 4.79 Å². The number of carbonyl (C=O) groups excluding carboxylic acids is 1. The summed E-state index contributed by atoms with van der Waals surface area (Å²) in [6, 6.07) is 9.61. The van der Waals surface area contributed by atoms with Crippen LogP contribution in [0.5, 0.6) is 0 Å². The normalized spacial score (nSPS) is 12.4. The van der Waals surface area contributed by atoms with Gasteiger partial charge in [0, 0.05) is 22.9 Å². The molecule has 1 N–H and O–H groups in total. The van der Waals surface area contributed by atoms with E-state index in [1.54, 1.807) is 23.5 Å². The molecule has 6 heteroatoms. The number of amides is 1. The van der Waals surface area contributed by atoms with Gasteiger partial charge in [-0.2, -0.15) is 8.75 Å². The molecule has 20 heavy (non-hydrogen) atoms. The van der Waals surface area contributed by atoms with Crippen LogP contribution in [0.25, 0.3) is 11.0 Å². The van der Waals surface area contributed by atoms with E-state index in [1.165, 1.54) is 4.88 Å². The Kier molecular flexibility index (Phi) is 3.75. The third-order valence-electron chi connectivity index (χ3n) is 2.98. The number of carbonyl (C=O) groups is 1. The van der Waals surface area contributed by atoms with Crippen LogP contribution in [-0.2, 0) is 6.42 Å². The summed E-state index contributed by atoms with van der Waals surface area (Å²) in [5, 5.41) is 5.06. The maximum Gasteiger partial charge on any atom is 0.251 e. The fourth-order valence-corrected chi connectivity index (χ4v) is 3.36. The maximum atomic E-state index is 12.2. The molecule has 0 saturated heterocycles. The predicted molar refractivity (Wildman–Crippen MR) is 82.4 cm³/mol. The Balaban J connectivity index is 1.68. The van der Waals surface area contributed by atoms with Crippen LogP contribution in [0.2, 0.25) is 0 Å². The van der Waals surface area contributed by atoms with Gasteiger partial charge in [-0.15, -0.1) is 11.3 Å². The topological polar surface area (TPSA) is 54.9 Å². The lowest BCUT2D eigenvalue weighted by molar-refractivity contribution is 0.0940. The molecule has 3 rings (SSSR count). The van der Waals surface area contributed by atoms with Crippen molar-refractivity contribution in [3.8, 4) is 0 Å². The van der Waals surface area contributed by atoms with Gasteiger partial charge in [0.1, 0.15) is 11.0 Å². The van der Waals surface area contributed by atoms with E-state index in [-0.39, 0.29) is 11.9 Å². The van der Waals surface area contributed by atoms with E-state index in [4.69, 9.17) is 0 Å². The molecule has 102 valence electrons. The monoisotopic (exact) mass is 303 g/mol. The summed E-state index contributed by atoms with van der Waals surface area (Å²) < 4.78 is 8.28. The average Bonchev–Trinajstić information content (AvgIpc) is 3.07. The number of aromatic nitrogens is 2. The molecular weight excluding hydrogens is 290 g/mol. The maximum absolute atomic E-state index is 12.2. The van der Waals surface area contributed by atoms with Crippen LogP contribution >= 0.6 is 23.1 Å². The minimum Gasteiger partial charge on any atom is -0.349 e. The Bertz CT molecular complexity index is 721. The lowest BCUT2D eigenvalue weighted by Crippen LogP contribution is -2.33. The molecule has 0 unspecified atom stereocenters. The van der Waals surface area contributed by atoms with Gasteiger partial charge < -0.3 is 5.32 Å². The zero-order valence-corrected chi connectivity index (χ0v) is 12.5. The third kappa shape index (κ3) is 2.86. The van der Waals surface area contributed by atoms with Gasteiger partial charge in [0.05, 0.1) is 11.7 Å². The van der Waals surface area contributed by atoms with Crippen LogP contribution in [0.3, 0.4) is 0 Å². The van der Waals surface area contributed by atoms with Crippen molar-refractivity contribution < 1.29 is 4.79 Å². The standard InChI is InChI=1S/C14H13N3OS2/c1-9(7-11-3-2-6-19-11)15-14(18)10-4-5-12-13(8-10)17-20-16-12/h2-6,8-9H,7H2,1H3,(H,15,18)/t9-/m1/s1. The summed E-state index contributed by atoms with van der Waals surface area (Å²) >= 11 is 2.87. The van der Waals surface area contributed by atoms with E-state index in [0.29, 0.717) is 5.56 Å². The molecule has 0 aliphatic heterocycles. The van der Waals surface area contributed by atoms with Crippen LogP contribution in [-0.4, -0.2) is 20.7 Å². The van der Waals surface area contributed by atoms with Gasteiger partial charge in [-0.25, -0.2) is 0 Å². The second-order valence-corrected chi connectivity index (χ2v) is 6.19. The van der Waals surface area contributed by atoms with Crippen molar-refractivity contribution in [3.63, 3.8) is 0 Å². The summed E-state index contributed by atoms with van der Waals surface area (Å²) in [6.45, 7) is 2.01. The molecule has 0 fully saturated rings. The molecule has 0 radical (unpaired) electrons. The van der Waals surface area contributed by atoms with Gasteiger partial charge >= 0.3 is 0 Å². The molecule has 0 bridgehead atoms. The van der Waals surface area contributed by atoms with Gasteiger partial charge in [-0.05, 0) is 36.6 Å². The van der Waals surface area contributed by atoms with Gasteiger partial charge in [0.2, 0.25) is 0 Å². The number of hydrogen-bond acceptors (Lipinski definition) is 5. The lowest BCUT2D eigenvalue weighted by Gasteiger charge is -2.12. The Morgan fingerprint density at radius 2 is 2.15 bits per heavy atom. The Morgan fingerprint density at radius 3 is 2.95 bits per heavy atom. The average molecular weight is 303 g/mol. The highest BCUT2D eigenvalue weighted by Gasteiger charge is 2.12. The largest absolute Gasteiger partial charge is 0.349 e. The molecule has 1 atom stereocenters. The number of benzene rings is 1. The number of nitrogens with zero attached hydrogens (tertiary/aromatic N) is 2. The Labute approximate surface area is 124 Å². The van der Waals surface area contributed by atoms with Gasteiger partial charge in [0.15, 0.2) is 0 Å². The number of rotatable bonds is 4. The SMILES string of the molecule is C[C@H](Cc1cccs1)NC(=O)c1ccc2nsnc2c1. The van der Waals surface area contributed by atoms with Crippen molar-refractivity contribution in [2.75, 3.05) is 0 Å². The summed E-state index contributed by atoms with van der Waals surface area (Å²) in [7, 11) is 0. The zero-order valence-electron chi connectivity index (χ0n) is 10.9. The van der Waals surface area contributed by atoms with Crippen LogP contribution < -0.4 is 5.32 Å². The first-order valence-corrected chi connectivity index (χ1v) is 7.89. The summed E-state index contributed by atoms with van der Waals surface area (Å²) in [5.41, 5.74) is 2.23. The van der Waals surface area contributed by atoms with Crippen LogP contribution in [0.4, 0.5) is 0 Å². The molecule has 0 aliphatic carbocycles. The number of fused-ring (bicyclic) bond motifs is 1. The highest BCUT2D eigenvalue weighted by molar-refractivity contribution is 7.09. The smallest absolute Gasteiger partial charge is 0.251 e. The van der Waals surface area contributed by atoms with Crippen molar-refractivity contribution in [2.45, 2.75) is 19.4 Å². The van der Waals surface area contributed by atoms with Crippen molar-refractivity contribution in [3.05, 3.63) is 46.2 Å². The summed E-state index contributed by atoms with van der Waals surface area (Å²) in [5.74, 6) is -0.0658. The van der Waals surface area contributed by atoms with Crippen molar-refractivity contribution >= 4 is 40.0 Å². The fraction of sp³-hybridized carbons (Fsp3) is 0.214. The van der Waals surface area contributed by atoms with E-state index in [2.05, 4.69) is 20.1 Å². The highest BCUT2D eigenvalue weighted by atomic mass is 32.1. The minimum atomic E-state index is -0.0658. The predicted octanol–water partition coefficient (Wildman–Crippen LogP) is 3.11. The first kappa shape index (κ1) is 13.2. The Hall–Kier alpha value is -1.79. The first-order chi connectivity index (χ1) is 9.72. The first-order valence-electron chi connectivity index (χ1n) is 6.28. The molecule has 1 amide bonds. The molecule has 4 nitrogen and oxygen atoms in total. The number of nitrogens with one attached hydrogen (secondary N) is 1. The Morgan fingerprint density at radius 1 is 1.30 bits per heavy atom. The van der Waals surface area contributed by atoms with Gasteiger partial charge in [0.25, 0.3) is 5.91 Å². The quantitative estimate of drug-likeness (QED) is 0.805. The molecule has 3 aromatic rings. The molecule has 2 aromatic heterocycles. The highest BCUT2D eigenvalue weighted by Crippen LogP contribution is 2.14. The second kappa shape index (κ2) is 5.68. The summed E-state index contributed by atoms with van der Waals surface area (Å²) in [6.07, 6.45) is 0.851. The molecule has 0 spiro atoms. The molecule has 2 heterocycles. The van der Waals surface area contributed by atoms with E-state index >= 15 is 0 Å². The second-order valence-electron chi connectivity index (χ2n) is 4.63. The molecule has 0 aliphatic rings. The van der Waals surface area contributed by atoms with Crippen molar-refractivity contribution in [1.82, 2.24) is 14.1 Å². The molecular formula is C14H13N3OS2. The zero-order chi connectivity index (χ0) is 13.9. The number of thiophene rings is 1. The van der Waals surface area contributed by atoms with Crippen molar-refractivity contribution in [1.29, 1.82) is 0 Å². The van der Waals surface area contributed by atoms with Gasteiger partial charge in [-0.1, -0.05) is 6.07 Å². The fourth-order valence-electron chi connectivity index (χ4n) is 2.01. The lowest BCUT2D eigenvalue weighted by atomic mass is 10.1. The van der Waals surface area contributed by atoms with E-state index in [0.717, 1.165) is 29.2 Å². The van der Waals surface area contributed by atoms with E-state index in [1.807, 2.05) is 24.4 Å². The number of hydrogen-bond donors (Lipinski definition) is 1. The van der Waals surface area contributed by atoms with Crippen LogP contribution in [0, 0.1) is 0 Å². The molecule has 0 saturated carbocycles. The van der Waals surface area contributed by atoms with Crippen LogP contribution in [0.15, 0.2) is 35.7 Å².